The fourth-order valence-electron chi connectivity index (χ4n) is 2.34. The molecule has 0 spiro atoms. The SMILES string of the molecule is Cc1nn(C)c(C)c1CNC(=O)c1ccc(-c2ccco2)o1. The van der Waals surface area contributed by atoms with Crippen LogP contribution < -0.4 is 5.32 Å². The molecule has 0 bridgehead atoms. The Morgan fingerprint density at radius 2 is 2.09 bits per heavy atom. The summed E-state index contributed by atoms with van der Waals surface area (Å²) in [6.45, 7) is 4.32. The number of carbonyl (C=O) groups excluding carboxylic acids is 1. The van der Waals surface area contributed by atoms with Gasteiger partial charge in [-0.15, -0.1) is 0 Å². The minimum absolute atomic E-state index is 0.255. The minimum Gasteiger partial charge on any atom is -0.461 e. The van der Waals surface area contributed by atoms with Crippen molar-refractivity contribution in [1.82, 2.24) is 15.1 Å². The zero-order chi connectivity index (χ0) is 15.7. The molecule has 0 aliphatic heterocycles. The topological polar surface area (TPSA) is 73.2 Å². The fraction of sp³-hybridized carbons (Fsp3) is 0.250. The van der Waals surface area contributed by atoms with Crippen molar-refractivity contribution in [3.63, 3.8) is 0 Å². The largest absolute Gasteiger partial charge is 0.461 e. The number of furan rings is 2. The van der Waals surface area contributed by atoms with Crippen LogP contribution in [0.4, 0.5) is 0 Å². The summed E-state index contributed by atoms with van der Waals surface area (Å²) in [5.74, 6) is 1.12. The molecule has 114 valence electrons. The van der Waals surface area contributed by atoms with E-state index in [1.54, 1.807) is 35.2 Å². The molecule has 3 heterocycles. The van der Waals surface area contributed by atoms with Gasteiger partial charge in [0.15, 0.2) is 17.3 Å². The van der Waals surface area contributed by atoms with Crippen molar-refractivity contribution in [2.24, 2.45) is 7.05 Å². The number of aromatic nitrogens is 2. The van der Waals surface area contributed by atoms with Crippen LogP contribution >= 0.6 is 0 Å². The van der Waals surface area contributed by atoms with E-state index < -0.39 is 0 Å². The van der Waals surface area contributed by atoms with Crippen LogP contribution in [0.25, 0.3) is 11.5 Å². The molecule has 0 aromatic carbocycles. The van der Waals surface area contributed by atoms with Crippen molar-refractivity contribution in [2.45, 2.75) is 20.4 Å². The summed E-state index contributed by atoms with van der Waals surface area (Å²) in [4.78, 5) is 12.2. The molecule has 0 fully saturated rings. The van der Waals surface area contributed by atoms with Gasteiger partial charge in [0.2, 0.25) is 0 Å². The van der Waals surface area contributed by atoms with Crippen LogP contribution in [-0.4, -0.2) is 15.7 Å². The summed E-state index contributed by atoms with van der Waals surface area (Å²) in [6.07, 6.45) is 1.56. The predicted octanol–water partition coefficient (Wildman–Crippen LogP) is 2.82. The number of nitrogens with zero attached hydrogens (tertiary/aromatic N) is 2. The highest BCUT2D eigenvalue weighted by Crippen LogP contribution is 2.22. The van der Waals surface area contributed by atoms with E-state index in [0.717, 1.165) is 17.0 Å². The molecule has 0 aliphatic rings. The average molecular weight is 299 g/mol. The molecule has 3 aromatic rings. The first-order valence-electron chi connectivity index (χ1n) is 6.97. The Balaban J connectivity index is 1.70. The molecule has 1 N–H and O–H groups in total. The number of amides is 1. The lowest BCUT2D eigenvalue weighted by Gasteiger charge is -2.04. The third-order valence-corrected chi connectivity index (χ3v) is 3.68. The van der Waals surface area contributed by atoms with E-state index in [9.17, 15) is 4.79 Å². The highest BCUT2D eigenvalue weighted by atomic mass is 16.4. The molecule has 22 heavy (non-hydrogen) atoms. The van der Waals surface area contributed by atoms with Gasteiger partial charge < -0.3 is 14.2 Å². The first-order valence-corrected chi connectivity index (χ1v) is 6.97. The van der Waals surface area contributed by atoms with E-state index in [-0.39, 0.29) is 11.7 Å². The smallest absolute Gasteiger partial charge is 0.287 e. The fourth-order valence-corrected chi connectivity index (χ4v) is 2.34. The number of nitrogens with one attached hydrogen (secondary N) is 1. The predicted molar refractivity (Wildman–Crippen MR) is 80.3 cm³/mol. The lowest BCUT2D eigenvalue weighted by Crippen LogP contribution is -2.22. The third-order valence-electron chi connectivity index (χ3n) is 3.68. The monoisotopic (exact) mass is 299 g/mol. The van der Waals surface area contributed by atoms with E-state index in [0.29, 0.717) is 18.1 Å². The Hall–Kier alpha value is -2.76. The number of rotatable bonds is 4. The van der Waals surface area contributed by atoms with Gasteiger partial charge in [0, 0.05) is 24.8 Å². The molecular weight excluding hydrogens is 282 g/mol. The van der Waals surface area contributed by atoms with Crippen LogP contribution in [0.5, 0.6) is 0 Å². The quantitative estimate of drug-likeness (QED) is 0.804. The maximum absolute atomic E-state index is 12.2. The van der Waals surface area contributed by atoms with Gasteiger partial charge in [-0.3, -0.25) is 9.48 Å². The molecule has 0 aliphatic carbocycles. The maximum atomic E-state index is 12.2. The van der Waals surface area contributed by atoms with Gasteiger partial charge in [0.1, 0.15) is 0 Å². The second-order valence-corrected chi connectivity index (χ2v) is 5.10. The second-order valence-electron chi connectivity index (χ2n) is 5.10. The molecule has 3 aromatic heterocycles. The summed E-state index contributed by atoms with van der Waals surface area (Å²) in [6, 6.07) is 6.90. The van der Waals surface area contributed by atoms with Crippen LogP contribution in [0, 0.1) is 13.8 Å². The molecule has 0 unspecified atom stereocenters. The number of carbonyl (C=O) groups is 1. The zero-order valence-corrected chi connectivity index (χ0v) is 12.7. The molecule has 0 radical (unpaired) electrons. The molecule has 0 saturated carbocycles. The standard InChI is InChI=1S/C16H17N3O3/c1-10-12(11(2)19(3)18-10)9-17-16(20)15-7-6-14(22-15)13-5-4-8-21-13/h4-8H,9H2,1-3H3,(H,17,20). The van der Waals surface area contributed by atoms with E-state index in [1.165, 1.54) is 0 Å². The van der Waals surface area contributed by atoms with E-state index in [4.69, 9.17) is 8.83 Å². The van der Waals surface area contributed by atoms with Gasteiger partial charge in [0.25, 0.3) is 5.91 Å². The Kier molecular flexibility index (Phi) is 3.58. The molecule has 6 nitrogen and oxygen atoms in total. The number of hydrogen-bond acceptors (Lipinski definition) is 4. The van der Waals surface area contributed by atoms with Crippen molar-refractivity contribution in [3.8, 4) is 11.5 Å². The van der Waals surface area contributed by atoms with Crippen LogP contribution in [0.3, 0.4) is 0 Å². The average Bonchev–Trinajstić information content (AvgIpc) is 3.20. The lowest BCUT2D eigenvalue weighted by atomic mass is 10.2. The van der Waals surface area contributed by atoms with Gasteiger partial charge in [-0.2, -0.15) is 5.10 Å². The molecule has 0 atom stereocenters. The first kappa shape index (κ1) is 14.2. The van der Waals surface area contributed by atoms with Crippen molar-refractivity contribution < 1.29 is 13.6 Å². The van der Waals surface area contributed by atoms with Crippen LogP contribution in [0.1, 0.15) is 27.5 Å². The van der Waals surface area contributed by atoms with Crippen molar-refractivity contribution >= 4 is 5.91 Å². The Labute approximate surface area is 127 Å². The van der Waals surface area contributed by atoms with Crippen molar-refractivity contribution in [1.29, 1.82) is 0 Å². The van der Waals surface area contributed by atoms with Crippen molar-refractivity contribution in [3.05, 3.63) is 53.2 Å². The highest BCUT2D eigenvalue weighted by molar-refractivity contribution is 5.91. The van der Waals surface area contributed by atoms with Crippen LogP contribution in [0.2, 0.25) is 0 Å². The van der Waals surface area contributed by atoms with Gasteiger partial charge >= 0.3 is 0 Å². The Morgan fingerprint density at radius 1 is 1.27 bits per heavy atom. The zero-order valence-electron chi connectivity index (χ0n) is 12.7. The van der Waals surface area contributed by atoms with Gasteiger partial charge in [-0.05, 0) is 38.1 Å². The first-order chi connectivity index (χ1) is 10.6. The summed E-state index contributed by atoms with van der Waals surface area (Å²) in [5, 5.41) is 7.18. The number of aryl methyl sites for hydroxylation is 2. The summed E-state index contributed by atoms with van der Waals surface area (Å²) in [7, 11) is 1.88. The molecule has 1 amide bonds. The Morgan fingerprint density at radius 3 is 2.73 bits per heavy atom. The van der Waals surface area contributed by atoms with Crippen molar-refractivity contribution in [2.75, 3.05) is 0 Å². The maximum Gasteiger partial charge on any atom is 0.287 e. The summed E-state index contributed by atoms with van der Waals surface area (Å²) < 4.78 is 12.6. The second kappa shape index (κ2) is 5.55. The Bertz CT molecular complexity index is 797. The van der Waals surface area contributed by atoms with Gasteiger partial charge in [-0.25, -0.2) is 0 Å². The minimum atomic E-state index is -0.263. The van der Waals surface area contributed by atoms with Gasteiger partial charge in [0.05, 0.1) is 12.0 Å². The van der Waals surface area contributed by atoms with E-state index in [1.807, 2.05) is 20.9 Å². The molecule has 6 heteroatoms. The normalized spacial score (nSPS) is 10.9. The van der Waals surface area contributed by atoms with E-state index >= 15 is 0 Å². The highest BCUT2D eigenvalue weighted by Gasteiger charge is 2.15. The van der Waals surface area contributed by atoms with Gasteiger partial charge in [-0.1, -0.05) is 0 Å². The van der Waals surface area contributed by atoms with Crippen LogP contribution in [-0.2, 0) is 13.6 Å². The molecule has 3 rings (SSSR count). The third kappa shape index (κ3) is 2.55. The summed E-state index contributed by atoms with van der Waals surface area (Å²) >= 11 is 0. The number of hydrogen-bond donors (Lipinski definition) is 1. The van der Waals surface area contributed by atoms with Crippen LogP contribution in [0.15, 0.2) is 39.4 Å². The lowest BCUT2D eigenvalue weighted by molar-refractivity contribution is 0.0924. The molecule has 0 saturated heterocycles. The van der Waals surface area contributed by atoms with E-state index in [2.05, 4.69) is 10.4 Å². The molecular formula is C16H17N3O3. The summed E-state index contributed by atoms with van der Waals surface area (Å²) in [5.41, 5.74) is 2.97.